The summed E-state index contributed by atoms with van der Waals surface area (Å²) >= 11 is 0. The molecule has 0 spiro atoms. The molecule has 1 aromatic rings. The molecule has 0 heterocycles. The number of carbonyl (C=O) groups is 2. The van der Waals surface area contributed by atoms with Gasteiger partial charge in [-0.25, -0.2) is 0 Å². The second-order valence-corrected chi connectivity index (χ2v) is 3.78. The van der Waals surface area contributed by atoms with Crippen LogP contribution in [0.15, 0.2) is 24.3 Å². The van der Waals surface area contributed by atoms with Gasteiger partial charge in [-0.05, 0) is 25.5 Å². The van der Waals surface area contributed by atoms with E-state index in [1.165, 1.54) is 31.2 Å². The summed E-state index contributed by atoms with van der Waals surface area (Å²) in [6.45, 7) is 1.48. The largest absolute Gasteiger partial charge is 0.300 e. The van der Waals surface area contributed by atoms with E-state index in [9.17, 15) is 19.7 Å². The highest BCUT2D eigenvalue weighted by Gasteiger charge is 2.09. The van der Waals surface area contributed by atoms with E-state index in [1.54, 1.807) is 0 Å². The zero-order valence-electron chi connectivity index (χ0n) is 9.51. The van der Waals surface area contributed by atoms with Crippen LogP contribution in [0.3, 0.4) is 0 Å². The predicted molar refractivity (Wildman–Crippen MR) is 62.0 cm³/mol. The number of ketones is 2. The molecule has 0 bridgehead atoms. The van der Waals surface area contributed by atoms with Crippen molar-refractivity contribution >= 4 is 17.3 Å². The van der Waals surface area contributed by atoms with Gasteiger partial charge in [0.05, 0.1) is 4.92 Å². The van der Waals surface area contributed by atoms with Crippen molar-refractivity contribution in [2.24, 2.45) is 0 Å². The SMILES string of the molecule is CC(=O)CCCC(=O)c1ccc([N+](=O)[O-])cc1. The highest BCUT2D eigenvalue weighted by atomic mass is 16.6. The molecular formula is C12H13NO4. The van der Waals surface area contributed by atoms with Crippen LogP contribution in [0.1, 0.15) is 36.5 Å². The fraction of sp³-hybridized carbons (Fsp3) is 0.333. The summed E-state index contributed by atoms with van der Waals surface area (Å²) < 4.78 is 0. The monoisotopic (exact) mass is 235 g/mol. The number of nitrogens with zero attached hydrogens (tertiary/aromatic N) is 1. The minimum absolute atomic E-state index is 0.0368. The molecule has 0 saturated carbocycles. The Labute approximate surface area is 98.6 Å². The fourth-order valence-electron chi connectivity index (χ4n) is 1.41. The first-order valence-corrected chi connectivity index (χ1v) is 5.28. The van der Waals surface area contributed by atoms with Gasteiger partial charge in [0.25, 0.3) is 5.69 Å². The summed E-state index contributed by atoms with van der Waals surface area (Å²) in [6, 6.07) is 5.49. The second-order valence-electron chi connectivity index (χ2n) is 3.78. The Morgan fingerprint density at radius 1 is 1.18 bits per heavy atom. The zero-order chi connectivity index (χ0) is 12.8. The topological polar surface area (TPSA) is 77.3 Å². The van der Waals surface area contributed by atoms with E-state index in [-0.39, 0.29) is 23.7 Å². The first-order chi connectivity index (χ1) is 8.00. The van der Waals surface area contributed by atoms with Crippen molar-refractivity contribution in [2.45, 2.75) is 26.2 Å². The first kappa shape index (κ1) is 13.0. The molecule has 0 aliphatic rings. The van der Waals surface area contributed by atoms with Crippen LogP contribution in [0.25, 0.3) is 0 Å². The van der Waals surface area contributed by atoms with Crippen molar-refractivity contribution in [3.05, 3.63) is 39.9 Å². The van der Waals surface area contributed by atoms with E-state index in [4.69, 9.17) is 0 Å². The summed E-state index contributed by atoms with van der Waals surface area (Å²) in [5.74, 6) is -0.0392. The number of non-ortho nitro benzene ring substituents is 1. The van der Waals surface area contributed by atoms with Gasteiger partial charge in [-0.15, -0.1) is 0 Å². The van der Waals surface area contributed by atoms with Crippen molar-refractivity contribution in [2.75, 3.05) is 0 Å². The maximum absolute atomic E-state index is 11.6. The molecule has 0 fully saturated rings. The smallest absolute Gasteiger partial charge is 0.269 e. The lowest BCUT2D eigenvalue weighted by Gasteiger charge is -1.99. The van der Waals surface area contributed by atoms with Gasteiger partial charge < -0.3 is 4.79 Å². The van der Waals surface area contributed by atoms with E-state index in [0.29, 0.717) is 18.4 Å². The quantitative estimate of drug-likeness (QED) is 0.431. The molecule has 17 heavy (non-hydrogen) atoms. The molecule has 0 N–H and O–H groups in total. The van der Waals surface area contributed by atoms with E-state index in [0.717, 1.165) is 0 Å². The van der Waals surface area contributed by atoms with E-state index in [2.05, 4.69) is 0 Å². The standard InChI is InChI=1S/C12H13NO4/c1-9(14)3-2-4-12(15)10-5-7-11(8-6-10)13(16)17/h5-8H,2-4H2,1H3. The van der Waals surface area contributed by atoms with Crippen LogP contribution in [-0.4, -0.2) is 16.5 Å². The maximum Gasteiger partial charge on any atom is 0.269 e. The number of hydrogen-bond donors (Lipinski definition) is 0. The number of nitro groups is 1. The fourth-order valence-corrected chi connectivity index (χ4v) is 1.41. The summed E-state index contributed by atoms with van der Waals surface area (Å²) in [5.41, 5.74) is 0.407. The van der Waals surface area contributed by atoms with E-state index >= 15 is 0 Å². The van der Waals surface area contributed by atoms with E-state index < -0.39 is 4.92 Å². The third kappa shape index (κ3) is 4.14. The Morgan fingerprint density at radius 2 is 1.76 bits per heavy atom. The van der Waals surface area contributed by atoms with Crippen LogP contribution in [0.2, 0.25) is 0 Å². The van der Waals surface area contributed by atoms with Crippen LogP contribution in [0.5, 0.6) is 0 Å². The number of carbonyl (C=O) groups excluding carboxylic acids is 2. The lowest BCUT2D eigenvalue weighted by atomic mass is 10.0. The summed E-state index contributed by atoms with van der Waals surface area (Å²) in [7, 11) is 0. The van der Waals surface area contributed by atoms with Crippen molar-refractivity contribution in [1.82, 2.24) is 0 Å². The summed E-state index contributed by atoms with van der Waals surface area (Å²) in [6.07, 6.45) is 1.20. The van der Waals surface area contributed by atoms with Gasteiger partial charge in [0.1, 0.15) is 5.78 Å². The van der Waals surface area contributed by atoms with Crippen LogP contribution in [0.4, 0.5) is 5.69 Å². The Morgan fingerprint density at radius 3 is 2.24 bits per heavy atom. The van der Waals surface area contributed by atoms with Crippen molar-refractivity contribution < 1.29 is 14.5 Å². The van der Waals surface area contributed by atoms with E-state index in [1.807, 2.05) is 0 Å². The van der Waals surface area contributed by atoms with Crippen molar-refractivity contribution in [3.63, 3.8) is 0 Å². The second kappa shape index (κ2) is 5.89. The minimum atomic E-state index is -0.510. The van der Waals surface area contributed by atoms with Gasteiger partial charge >= 0.3 is 0 Å². The molecule has 0 amide bonds. The van der Waals surface area contributed by atoms with Gasteiger partial charge in [-0.3, -0.25) is 14.9 Å². The number of rotatable bonds is 6. The van der Waals surface area contributed by atoms with Crippen LogP contribution in [0, 0.1) is 10.1 Å². The van der Waals surface area contributed by atoms with Gasteiger partial charge in [0, 0.05) is 30.5 Å². The average molecular weight is 235 g/mol. The molecule has 1 rings (SSSR count). The number of benzene rings is 1. The molecular weight excluding hydrogens is 222 g/mol. The molecule has 0 aliphatic heterocycles. The Balaban J connectivity index is 2.57. The van der Waals surface area contributed by atoms with Crippen molar-refractivity contribution in [1.29, 1.82) is 0 Å². The van der Waals surface area contributed by atoms with Gasteiger partial charge in [-0.2, -0.15) is 0 Å². The van der Waals surface area contributed by atoms with Gasteiger partial charge in [0.2, 0.25) is 0 Å². The molecule has 90 valence electrons. The third-order valence-corrected chi connectivity index (χ3v) is 2.33. The molecule has 1 aromatic carbocycles. The molecule has 0 aromatic heterocycles. The zero-order valence-corrected chi connectivity index (χ0v) is 9.51. The summed E-state index contributed by atoms with van der Waals surface area (Å²) in [4.78, 5) is 32.2. The van der Waals surface area contributed by atoms with Crippen LogP contribution in [-0.2, 0) is 4.79 Å². The predicted octanol–water partition coefficient (Wildman–Crippen LogP) is 2.54. The number of hydrogen-bond acceptors (Lipinski definition) is 4. The van der Waals surface area contributed by atoms with Crippen LogP contribution >= 0.6 is 0 Å². The average Bonchev–Trinajstić information content (AvgIpc) is 2.28. The molecule has 0 saturated heterocycles. The van der Waals surface area contributed by atoms with Gasteiger partial charge in [0.15, 0.2) is 5.78 Å². The minimum Gasteiger partial charge on any atom is -0.300 e. The molecule has 0 atom stereocenters. The first-order valence-electron chi connectivity index (χ1n) is 5.28. The third-order valence-electron chi connectivity index (χ3n) is 2.33. The van der Waals surface area contributed by atoms with Crippen molar-refractivity contribution in [3.8, 4) is 0 Å². The number of nitro benzene ring substituents is 1. The lowest BCUT2D eigenvalue weighted by Crippen LogP contribution is -2.01. The Hall–Kier alpha value is -2.04. The normalized spacial score (nSPS) is 9.94. The Kier molecular flexibility index (Phi) is 4.51. The molecule has 0 aliphatic carbocycles. The lowest BCUT2D eigenvalue weighted by molar-refractivity contribution is -0.384. The molecule has 0 radical (unpaired) electrons. The highest BCUT2D eigenvalue weighted by Crippen LogP contribution is 2.14. The molecule has 0 unspecified atom stereocenters. The molecule has 5 heteroatoms. The van der Waals surface area contributed by atoms with Crippen LogP contribution < -0.4 is 0 Å². The molecule has 5 nitrogen and oxygen atoms in total. The maximum atomic E-state index is 11.6. The number of Topliss-reactive ketones (excluding diaryl/α,β-unsaturated/α-hetero) is 2. The Bertz CT molecular complexity index is 436. The summed E-state index contributed by atoms with van der Waals surface area (Å²) in [5, 5.41) is 10.4. The highest BCUT2D eigenvalue weighted by molar-refractivity contribution is 5.96. The van der Waals surface area contributed by atoms with Gasteiger partial charge in [-0.1, -0.05) is 0 Å².